The van der Waals surface area contributed by atoms with Crippen LogP contribution >= 0.6 is 0 Å². The molecular formula is C37H49FN7O5+. The van der Waals surface area contributed by atoms with Crippen LogP contribution in [0.3, 0.4) is 0 Å². The Labute approximate surface area is 291 Å². The van der Waals surface area contributed by atoms with Gasteiger partial charge in [-0.3, -0.25) is 10.00 Å². The highest BCUT2D eigenvalue weighted by molar-refractivity contribution is 6.01. The lowest BCUT2D eigenvalue weighted by molar-refractivity contribution is -0.109. The number of anilines is 1. The van der Waals surface area contributed by atoms with Gasteiger partial charge >= 0.3 is 6.01 Å². The van der Waals surface area contributed by atoms with Crippen LogP contribution in [0.5, 0.6) is 11.9 Å². The second-order valence-corrected chi connectivity index (χ2v) is 15.1. The average molecular weight is 691 g/mol. The van der Waals surface area contributed by atoms with E-state index in [9.17, 15) is 5.11 Å². The van der Waals surface area contributed by atoms with Crippen molar-refractivity contribution in [2.45, 2.75) is 83.4 Å². The van der Waals surface area contributed by atoms with Crippen LogP contribution in [0.2, 0.25) is 0 Å². The summed E-state index contributed by atoms with van der Waals surface area (Å²) in [5, 5.41) is 19.5. The Morgan fingerprint density at radius 2 is 1.94 bits per heavy atom. The number of aromatic amines is 1. The molecule has 13 heteroatoms. The molecule has 1 aliphatic carbocycles. The lowest BCUT2D eigenvalue weighted by atomic mass is 9.74. The van der Waals surface area contributed by atoms with Crippen molar-refractivity contribution in [1.29, 1.82) is 0 Å². The molecule has 0 radical (unpaired) electrons. The maximum atomic E-state index is 17.2. The van der Waals surface area contributed by atoms with E-state index >= 15 is 4.39 Å². The first-order valence-corrected chi connectivity index (χ1v) is 18.1. The zero-order valence-electron chi connectivity index (χ0n) is 29.6. The number of aryl methyl sites for hydroxylation is 1. The summed E-state index contributed by atoms with van der Waals surface area (Å²) in [4.78, 5) is 19.2. The van der Waals surface area contributed by atoms with Gasteiger partial charge in [-0.1, -0.05) is 6.42 Å². The number of methoxy groups -OCH3 is 1. The highest BCUT2D eigenvalue weighted by atomic mass is 19.1. The third-order valence-corrected chi connectivity index (χ3v) is 11.7. The summed E-state index contributed by atoms with van der Waals surface area (Å²) < 4.78 is 40.1. The van der Waals surface area contributed by atoms with Crippen molar-refractivity contribution in [2.24, 2.45) is 5.41 Å². The van der Waals surface area contributed by atoms with Crippen LogP contribution in [0.4, 0.5) is 10.2 Å². The molecule has 0 amide bonds. The Hall–Kier alpha value is -3.65. The van der Waals surface area contributed by atoms with Crippen molar-refractivity contribution in [2.75, 3.05) is 64.7 Å². The number of β-amino-alcohol motifs (C(OH)–C–C–N with tert-alkyl or cyclic N) is 1. The zero-order valence-corrected chi connectivity index (χ0v) is 29.6. The van der Waals surface area contributed by atoms with E-state index in [1.807, 2.05) is 24.8 Å². The lowest BCUT2D eigenvalue weighted by Crippen LogP contribution is -2.56. The van der Waals surface area contributed by atoms with Gasteiger partial charge in [0.2, 0.25) is 5.88 Å². The quantitative estimate of drug-likeness (QED) is 0.265. The van der Waals surface area contributed by atoms with Crippen LogP contribution in [0, 0.1) is 25.1 Å². The van der Waals surface area contributed by atoms with Crippen molar-refractivity contribution in [3.05, 3.63) is 29.2 Å². The van der Waals surface area contributed by atoms with Gasteiger partial charge in [0.1, 0.15) is 41.2 Å². The van der Waals surface area contributed by atoms with E-state index < -0.39 is 11.4 Å². The number of rotatable bonds is 7. The van der Waals surface area contributed by atoms with Crippen molar-refractivity contribution in [3.8, 4) is 23.1 Å². The number of aliphatic hydroxyl groups is 3. The van der Waals surface area contributed by atoms with Crippen molar-refractivity contribution in [3.63, 3.8) is 0 Å². The Morgan fingerprint density at radius 3 is 2.76 bits per heavy atom. The highest BCUT2D eigenvalue weighted by Gasteiger charge is 2.50. The van der Waals surface area contributed by atoms with E-state index in [-0.39, 0.29) is 41.7 Å². The van der Waals surface area contributed by atoms with Crippen molar-refractivity contribution >= 4 is 27.6 Å². The number of nitrogens with zero attached hydrogens (tertiary/aromatic N) is 6. The average Bonchev–Trinajstić information content (AvgIpc) is 3.72. The van der Waals surface area contributed by atoms with E-state index in [0.717, 1.165) is 86.7 Å². The summed E-state index contributed by atoms with van der Waals surface area (Å²) in [6, 6.07) is 3.11. The largest absolute Gasteiger partial charge is 0.480 e. The summed E-state index contributed by atoms with van der Waals surface area (Å²) in [6.45, 7) is 10.3. The molecule has 1 saturated carbocycles. The predicted octanol–water partition coefficient (Wildman–Crippen LogP) is 4.62. The molecule has 3 aliphatic heterocycles. The van der Waals surface area contributed by atoms with Crippen molar-refractivity contribution in [1.82, 2.24) is 30.0 Å². The van der Waals surface area contributed by atoms with Crippen LogP contribution in [-0.4, -0.2) is 117 Å². The number of likely N-dealkylation sites (tertiary alicyclic amines) is 1. The predicted molar refractivity (Wildman–Crippen MR) is 189 cm³/mol. The molecule has 1 aromatic carbocycles. The normalized spacial score (nSPS) is 26.8. The Bertz CT molecular complexity index is 1900. The van der Waals surface area contributed by atoms with E-state index in [1.165, 1.54) is 7.11 Å². The van der Waals surface area contributed by atoms with Crippen LogP contribution in [0.25, 0.3) is 33.1 Å². The maximum Gasteiger partial charge on any atom is 0.319 e. The maximum absolute atomic E-state index is 17.2. The third-order valence-electron chi connectivity index (χ3n) is 11.7. The minimum atomic E-state index is -1.16. The van der Waals surface area contributed by atoms with Crippen LogP contribution < -0.4 is 14.4 Å². The monoisotopic (exact) mass is 690 g/mol. The van der Waals surface area contributed by atoms with Gasteiger partial charge in [-0.05, 0) is 70.2 Å². The van der Waals surface area contributed by atoms with E-state index in [2.05, 4.69) is 19.8 Å². The molecule has 8 rings (SSSR count). The Balaban J connectivity index is 1.24. The molecular weight excluding hydrogens is 641 g/mol. The molecule has 4 aliphatic rings. The summed E-state index contributed by atoms with van der Waals surface area (Å²) >= 11 is 0. The smallest absolute Gasteiger partial charge is 0.319 e. The summed E-state index contributed by atoms with van der Waals surface area (Å²) in [5.41, 5.74) is 2.29. The Morgan fingerprint density at radius 1 is 1.12 bits per heavy atom. The van der Waals surface area contributed by atoms with Gasteiger partial charge in [0.05, 0.1) is 45.2 Å². The summed E-state index contributed by atoms with van der Waals surface area (Å²) in [7, 11) is 1.52. The van der Waals surface area contributed by atoms with Gasteiger partial charge < -0.3 is 29.0 Å². The van der Waals surface area contributed by atoms with Gasteiger partial charge in [-0.25, -0.2) is 9.37 Å². The second-order valence-electron chi connectivity index (χ2n) is 15.1. The number of fused-ring (bicyclic) bond motifs is 3. The molecule has 50 heavy (non-hydrogen) atoms. The molecule has 3 aromatic heterocycles. The van der Waals surface area contributed by atoms with Crippen LogP contribution in [0.1, 0.15) is 63.0 Å². The van der Waals surface area contributed by atoms with Crippen LogP contribution in [0.15, 0.2) is 12.3 Å². The molecule has 0 bridgehead atoms. The molecule has 6 heterocycles. The number of H-pyrrole nitrogens is 1. The first kappa shape index (κ1) is 33.5. The molecule has 4 aromatic rings. The number of nitrogens with one attached hydrogen (secondary N) is 1. The van der Waals surface area contributed by atoms with Gasteiger partial charge in [0.25, 0.3) is 0 Å². The molecule has 2 unspecified atom stereocenters. The molecule has 3 atom stereocenters. The zero-order chi connectivity index (χ0) is 34.6. The number of hydrogen-bond acceptors (Lipinski definition) is 10. The third kappa shape index (κ3) is 5.85. The molecule has 12 nitrogen and oxygen atoms in total. The van der Waals surface area contributed by atoms with E-state index in [0.29, 0.717) is 48.6 Å². The highest BCUT2D eigenvalue weighted by Crippen LogP contribution is 2.49. The minimum Gasteiger partial charge on any atom is -0.480 e. The van der Waals surface area contributed by atoms with Gasteiger partial charge in [0.15, 0.2) is 5.82 Å². The number of aromatic nitrogens is 5. The lowest BCUT2D eigenvalue weighted by Gasteiger charge is -2.49. The molecule has 3 N–H and O–H groups in total. The summed E-state index contributed by atoms with van der Waals surface area (Å²) in [5.74, 6) is 0.000358. The standard InChI is InChI=1S/C37H48FN7O5/c1-22-17-26-25(18-39-43-26)28(23(22)2)31-30(38)32-29(34(40-31)47-4)33(44-13-16-49-20-36(3,46)19-44)42-35(41-32)50-21-37-10-5-7-27(37)45(12-6-11-37)24-8-14-48-15-9-24/h17-18,24,27,46H,5-16,19-21H2,1-4H3,(H,39,43)/p+1/t27?,36-,37?/m0/s1. The number of piperidine rings is 1. The number of ether oxygens (including phenoxy) is 4. The Kier molecular flexibility index (Phi) is 8.81. The first-order chi connectivity index (χ1) is 24.2. The molecule has 0 spiro atoms. The SMILES string of the molecule is COc1nc(-c2c(C)c(C)cc3[nH]ncc23)c(F)c2nc(OCC34CCCC3N(C3CC[OH+]CC3)CCC4)nc(N3CCOC[C@@](C)(O)C3)c12. The van der Waals surface area contributed by atoms with E-state index in [4.69, 9.17) is 29.2 Å². The minimum absolute atomic E-state index is 0.0172. The second kappa shape index (κ2) is 13.2. The fourth-order valence-corrected chi connectivity index (χ4v) is 9.18. The topological polar surface area (TPSA) is 135 Å². The van der Waals surface area contributed by atoms with Gasteiger partial charge in [-0.2, -0.15) is 15.1 Å². The van der Waals surface area contributed by atoms with Crippen LogP contribution in [-0.2, 0) is 4.74 Å². The van der Waals surface area contributed by atoms with Gasteiger partial charge in [0, 0.05) is 47.8 Å². The molecule has 268 valence electrons. The van der Waals surface area contributed by atoms with Crippen molar-refractivity contribution < 1.29 is 28.4 Å². The van der Waals surface area contributed by atoms with Gasteiger partial charge in [-0.15, -0.1) is 0 Å². The summed E-state index contributed by atoms with van der Waals surface area (Å²) in [6.07, 6.45) is 9.55. The fraction of sp³-hybridized carbons (Fsp3) is 0.622. The number of halogens is 1. The molecule has 4 fully saturated rings. The number of hydrogen-bond donors (Lipinski definition) is 2. The number of pyridine rings is 1. The fourth-order valence-electron chi connectivity index (χ4n) is 9.18. The number of benzene rings is 1. The first-order valence-electron chi connectivity index (χ1n) is 18.1. The molecule has 3 saturated heterocycles. The van der Waals surface area contributed by atoms with E-state index in [1.54, 1.807) is 13.1 Å².